The van der Waals surface area contributed by atoms with Gasteiger partial charge in [-0.15, -0.1) is 0 Å². The van der Waals surface area contributed by atoms with Crippen LogP contribution >= 0.6 is 0 Å². The molecule has 2 N–H and O–H groups in total. The van der Waals surface area contributed by atoms with Crippen LogP contribution in [0.3, 0.4) is 0 Å². The Bertz CT molecular complexity index is 1230. The van der Waals surface area contributed by atoms with Gasteiger partial charge in [-0.3, -0.25) is 0 Å². The number of carboxylic acids is 1. The fraction of sp³-hybridized carbons (Fsp3) is 0.0870. The largest absolute Gasteiger partial charge is 0.493 e. The average molecular weight is 401 g/mol. The number of carbonyl (C=O) groups is 1. The van der Waals surface area contributed by atoms with Gasteiger partial charge in [0.05, 0.1) is 36.5 Å². The Morgan fingerprint density at radius 2 is 1.47 bits per heavy atom. The molecule has 0 fully saturated rings. The maximum atomic E-state index is 11.9. The minimum atomic E-state index is -1.10. The first-order chi connectivity index (χ1) is 14.6. The van der Waals surface area contributed by atoms with E-state index < -0.39 is 5.97 Å². The second-order valence-electron chi connectivity index (χ2n) is 6.46. The molecule has 0 saturated heterocycles. The number of nitrogens with zero attached hydrogens (tertiary/aromatic N) is 2. The molecule has 0 aliphatic heterocycles. The summed E-state index contributed by atoms with van der Waals surface area (Å²) in [6.07, 6.45) is 0. The highest BCUT2D eigenvalue weighted by Gasteiger charge is 2.19. The van der Waals surface area contributed by atoms with Crippen LogP contribution < -0.4 is 14.8 Å². The SMILES string of the molecule is COc1cc(Nc2nc3ccccc3nc2-c2ccccc2)c(C(=O)O)cc1OC. The minimum Gasteiger partial charge on any atom is -0.493 e. The molecule has 30 heavy (non-hydrogen) atoms. The topological polar surface area (TPSA) is 93.6 Å². The van der Waals surface area contributed by atoms with Crippen molar-refractivity contribution >= 4 is 28.5 Å². The second-order valence-corrected chi connectivity index (χ2v) is 6.46. The van der Waals surface area contributed by atoms with Crippen LogP contribution in [0.4, 0.5) is 11.5 Å². The number of para-hydroxylation sites is 2. The monoisotopic (exact) mass is 401 g/mol. The molecular weight excluding hydrogens is 382 g/mol. The van der Waals surface area contributed by atoms with Crippen molar-refractivity contribution in [3.05, 3.63) is 72.3 Å². The summed E-state index contributed by atoms with van der Waals surface area (Å²) in [5, 5.41) is 12.9. The van der Waals surface area contributed by atoms with Gasteiger partial charge in [0, 0.05) is 17.7 Å². The van der Waals surface area contributed by atoms with Crippen LogP contribution in [0, 0.1) is 0 Å². The van der Waals surface area contributed by atoms with Crippen LogP contribution in [0.5, 0.6) is 11.5 Å². The first kappa shape index (κ1) is 19.2. The molecule has 0 unspecified atom stereocenters. The van der Waals surface area contributed by atoms with Crippen molar-refractivity contribution in [1.29, 1.82) is 0 Å². The molecule has 0 bridgehead atoms. The van der Waals surface area contributed by atoms with Gasteiger partial charge in [0.2, 0.25) is 0 Å². The number of hydrogen-bond donors (Lipinski definition) is 2. The summed E-state index contributed by atoms with van der Waals surface area (Å²) in [7, 11) is 2.95. The van der Waals surface area contributed by atoms with Crippen molar-refractivity contribution < 1.29 is 19.4 Å². The highest BCUT2D eigenvalue weighted by molar-refractivity contribution is 5.97. The molecule has 1 heterocycles. The number of nitrogens with one attached hydrogen (secondary N) is 1. The number of carboxylic acid groups (broad SMARTS) is 1. The van der Waals surface area contributed by atoms with Crippen LogP contribution in [-0.4, -0.2) is 35.3 Å². The molecule has 0 radical (unpaired) electrons. The second kappa shape index (κ2) is 8.08. The maximum Gasteiger partial charge on any atom is 0.337 e. The highest BCUT2D eigenvalue weighted by Crippen LogP contribution is 2.36. The Morgan fingerprint density at radius 3 is 2.10 bits per heavy atom. The predicted octanol–water partition coefficient (Wildman–Crippen LogP) is 4.76. The Kier molecular flexibility index (Phi) is 5.17. The van der Waals surface area contributed by atoms with Crippen LogP contribution in [0.2, 0.25) is 0 Å². The lowest BCUT2D eigenvalue weighted by Gasteiger charge is -2.16. The molecule has 7 heteroatoms. The summed E-state index contributed by atoms with van der Waals surface area (Å²) in [5.41, 5.74) is 3.25. The normalized spacial score (nSPS) is 10.6. The van der Waals surface area contributed by atoms with E-state index in [1.165, 1.54) is 20.3 Å². The molecule has 0 atom stereocenters. The Hall–Kier alpha value is -4.13. The third kappa shape index (κ3) is 3.60. The molecule has 3 aromatic carbocycles. The van der Waals surface area contributed by atoms with Crippen molar-refractivity contribution in [2.24, 2.45) is 0 Å². The number of benzene rings is 3. The molecule has 0 aliphatic rings. The lowest BCUT2D eigenvalue weighted by molar-refractivity contribution is 0.0697. The van der Waals surface area contributed by atoms with Gasteiger partial charge in [-0.05, 0) is 12.1 Å². The van der Waals surface area contributed by atoms with E-state index in [9.17, 15) is 9.90 Å². The molecule has 0 saturated carbocycles. The molecule has 4 aromatic rings. The first-order valence-electron chi connectivity index (χ1n) is 9.19. The van der Waals surface area contributed by atoms with Crippen LogP contribution in [0.15, 0.2) is 66.7 Å². The van der Waals surface area contributed by atoms with Gasteiger partial charge in [-0.1, -0.05) is 42.5 Å². The zero-order valence-electron chi connectivity index (χ0n) is 16.4. The van der Waals surface area contributed by atoms with Gasteiger partial charge < -0.3 is 19.9 Å². The highest BCUT2D eigenvalue weighted by atomic mass is 16.5. The summed E-state index contributed by atoms with van der Waals surface area (Å²) >= 11 is 0. The number of hydrogen-bond acceptors (Lipinski definition) is 6. The van der Waals surface area contributed by atoms with Gasteiger partial charge in [-0.25, -0.2) is 14.8 Å². The van der Waals surface area contributed by atoms with Crippen molar-refractivity contribution in [3.8, 4) is 22.8 Å². The molecule has 150 valence electrons. The Morgan fingerprint density at radius 1 is 0.867 bits per heavy atom. The number of aromatic nitrogens is 2. The van der Waals surface area contributed by atoms with E-state index in [1.807, 2.05) is 54.6 Å². The summed E-state index contributed by atoms with van der Waals surface area (Å²) in [5.74, 6) is 0.0661. The molecule has 4 rings (SSSR count). The van der Waals surface area contributed by atoms with E-state index in [4.69, 9.17) is 19.4 Å². The number of methoxy groups -OCH3 is 2. The maximum absolute atomic E-state index is 11.9. The van der Waals surface area contributed by atoms with E-state index in [-0.39, 0.29) is 5.56 Å². The zero-order chi connectivity index (χ0) is 21.1. The van der Waals surface area contributed by atoms with Crippen LogP contribution in [0.25, 0.3) is 22.3 Å². The van der Waals surface area contributed by atoms with Crippen molar-refractivity contribution in [1.82, 2.24) is 9.97 Å². The lowest BCUT2D eigenvalue weighted by atomic mass is 10.1. The first-order valence-corrected chi connectivity index (χ1v) is 9.19. The summed E-state index contributed by atoms with van der Waals surface area (Å²) in [6, 6.07) is 20.1. The fourth-order valence-electron chi connectivity index (χ4n) is 3.17. The fourth-order valence-corrected chi connectivity index (χ4v) is 3.17. The van der Waals surface area contributed by atoms with Gasteiger partial charge in [0.15, 0.2) is 17.3 Å². The third-order valence-corrected chi connectivity index (χ3v) is 4.62. The summed E-state index contributed by atoms with van der Waals surface area (Å²) in [6.45, 7) is 0. The average Bonchev–Trinajstić information content (AvgIpc) is 2.78. The Balaban J connectivity index is 1.91. The number of rotatable bonds is 6. The molecule has 7 nitrogen and oxygen atoms in total. The van der Waals surface area contributed by atoms with E-state index >= 15 is 0 Å². The van der Waals surface area contributed by atoms with Crippen molar-refractivity contribution in [3.63, 3.8) is 0 Å². The Labute approximate surface area is 172 Å². The van der Waals surface area contributed by atoms with Gasteiger partial charge in [-0.2, -0.15) is 0 Å². The number of anilines is 2. The zero-order valence-corrected chi connectivity index (χ0v) is 16.4. The standard InChI is InChI=1S/C23H19N3O4/c1-29-19-12-15(23(27)28)18(13-20(19)30-2)26-22-21(14-8-4-3-5-9-14)24-16-10-6-7-11-17(16)25-22/h3-13H,1-2H3,(H,25,26)(H,27,28). The van der Waals surface area contributed by atoms with E-state index in [0.29, 0.717) is 34.2 Å². The summed E-state index contributed by atoms with van der Waals surface area (Å²) < 4.78 is 10.6. The minimum absolute atomic E-state index is 0.0293. The quantitative estimate of drug-likeness (QED) is 0.481. The van der Waals surface area contributed by atoms with Crippen LogP contribution in [-0.2, 0) is 0 Å². The smallest absolute Gasteiger partial charge is 0.337 e. The van der Waals surface area contributed by atoms with Gasteiger partial charge in [0.25, 0.3) is 0 Å². The third-order valence-electron chi connectivity index (χ3n) is 4.62. The molecule has 0 amide bonds. The molecular formula is C23H19N3O4. The molecule has 1 aromatic heterocycles. The van der Waals surface area contributed by atoms with Crippen molar-refractivity contribution in [2.45, 2.75) is 0 Å². The van der Waals surface area contributed by atoms with Gasteiger partial charge >= 0.3 is 5.97 Å². The van der Waals surface area contributed by atoms with E-state index in [2.05, 4.69) is 5.32 Å². The van der Waals surface area contributed by atoms with Gasteiger partial charge in [0.1, 0.15) is 5.69 Å². The molecule has 0 spiro atoms. The number of ether oxygens (including phenoxy) is 2. The lowest BCUT2D eigenvalue weighted by Crippen LogP contribution is -2.07. The number of fused-ring (bicyclic) bond motifs is 1. The number of aromatic carboxylic acids is 1. The summed E-state index contributed by atoms with van der Waals surface area (Å²) in [4.78, 5) is 21.3. The van der Waals surface area contributed by atoms with E-state index in [0.717, 1.165) is 11.1 Å². The predicted molar refractivity (Wildman–Crippen MR) is 115 cm³/mol. The molecule has 0 aliphatic carbocycles. The van der Waals surface area contributed by atoms with E-state index in [1.54, 1.807) is 6.07 Å². The van der Waals surface area contributed by atoms with Crippen molar-refractivity contribution in [2.75, 3.05) is 19.5 Å². The van der Waals surface area contributed by atoms with Crippen LogP contribution in [0.1, 0.15) is 10.4 Å².